The van der Waals surface area contributed by atoms with E-state index in [0.29, 0.717) is 0 Å². The number of alkyl carbamates (subject to hydrolysis) is 1. The second kappa shape index (κ2) is 17.6. The van der Waals surface area contributed by atoms with Gasteiger partial charge < -0.3 is 54.2 Å². The molecule has 2 bridgehead atoms. The van der Waals surface area contributed by atoms with E-state index in [1.54, 1.807) is 32.0 Å². The molecule has 0 spiro atoms. The molecule has 306 valence electrons. The summed E-state index contributed by atoms with van der Waals surface area (Å²) in [4.78, 5) is 55.3. The quantitative estimate of drug-likeness (QED) is 0.127. The van der Waals surface area contributed by atoms with Crippen molar-refractivity contribution in [3.05, 3.63) is 71.2 Å². The van der Waals surface area contributed by atoms with Crippen LogP contribution in [-0.4, -0.2) is 110 Å². The Morgan fingerprint density at radius 2 is 1.65 bits per heavy atom. The molecule has 2 saturated carbocycles. The Kier molecular flexibility index (Phi) is 15.0. The fraction of sp³-hybridized carbons (Fsp3) is 0.600. The zero-order valence-electron chi connectivity index (χ0n) is 33.1. The van der Waals surface area contributed by atoms with Crippen LogP contribution in [-0.2, 0) is 28.5 Å². The Hall–Kier alpha value is -1.24. The van der Waals surface area contributed by atoms with Gasteiger partial charge in [-0.3, -0.25) is 4.79 Å². The van der Waals surface area contributed by atoms with Gasteiger partial charge in [0, 0.05) is 112 Å². The van der Waals surface area contributed by atoms with E-state index in [1.165, 1.54) is 44.4 Å². The van der Waals surface area contributed by atoms with Gasteiger partial charge in [-0.05, 0) is 54.7 Å². The first kappa shape index (κ1) is 48.4. The molecule has 6 N–H and O–H groups in total. The van der Waals surface area contributed by atoms with Crippen LogP contribution >= 0.6 is 0 Å². The van der Waals surface area contributed by atoms with Gasteiger partial charge in [0.2, 0.25) is 0 Å². The Labute approximate surface area is 402 Å². The molecule has 1 aromatic heterocycles. The molecule has 15 nitrogen and oxygen atoms in total. The molecule has 1 amide bonds. The van der Waals surface area contributed by atoms with E-state index < -0.39 is 101 Å². The summed E-state index contributed by atoms with van der Waals surface area (Å²) in [6.07, 6.45) is -10.2. The van der Waals surface area contributed by atoms with Crippen LogP contribution < -0.4 is 5.32 Å². The maximum absolute atomic E-state index is 14.7. The van der Waals surface area contributed by atoms with Crippen molar-refractivity contribution in [2.45, 2.75) is 115 Å². The number of hydrogen-bond donors (Lipinski definition) is 6. The van der Waals surface area contributed by atoms with Crippen molar-refractivity contribution < 1.29 is 156 Å². The summed E-state index contributed by atoms with van der Waals surface area (Å²) in [5, 5.41) is 62.9. The third-order valence-electron chi connectivity index (χ3n) is 12.2. The standard InChI is InChI=1S/C40H51NO14.2Ac/c1-20-23(54-34(47)29(44)27(22-14-11-15-51-22)41-35(48)53-18-36(2,3)4)17-40(50)32(55-33(46)21-12-9-8-10-13-21)30-38(7,24(42)16-25-39(30,49)19-52-25)31(45)28(43)26(20)37(40,5)6;;/h8-15,23-25,27-30,32,42-44,49-50H,16-19H2,1-7H3,(H,41,48);;/t23-,24-,25+,27-,28+,29+,30-,32-,38+,39-,40+;;/m0../s1. The maximum atomic E-state index is 14.7. The Bertz CT molecular complexity index is 1850. The maximum Gasteiger partial charge on any atom is 0.407 e. The minimum atomic E-state index is -2.32. The first-order chi connectivity index (χ1) is 25.6. The molecule has 57 heavy (non-hydrogen) atoms. The fourth-order valence-electron chi connectivity index (χ4n) is 8.95. The predicted octanol–water partition coefficient (Wildman–Crippen LogP) is 2.53. The van der Waals surface area contributed by atoms with Crippen LogP contribution in [0, 0.1) is 110 Å². The van der Waals surface area contributed by atoms with Crippen LogP contribution in [0.4, 0.5) is 4.79 Å². The van der Waals surface area contributed by atoms with E-state index in [9.17, 15) is 44.7 Å². The summed E-state index contributed by atoms with van der Waals surface area (Å²) in [7, 11) is 0. The number of Topliss-reactive ketones (excluding diaryl/α,β-unsaturated/α-hetero) is 1. The number of ether oxygens (including phenoxy) is 4. The van der Waals surface area contributed by atoms with E-state index in [2.05, 4.69) is 5.32 Å². The number of carbonyl (C=O) groups excluding carboxylic acids is 4. The first-order valence-electron chi connectivity index (χ1n) is 18.4. The number of furan rings is 1. The van der Waals surface area contributed by atoms with Crippen LogP contribution in [0.25, 0.3) is 0 Å². The second-order valence-corrected chi connectivity index (χ2v) is 17.3. The van der Waals surface area contributed by atoms with Gasteiger partial charge in [-0.2, -0.15) is 0 Å². The number of ketones is 1. The van der Waals surface area contributed by atoms with Gasteiger partial charge in [0.15, 0.2) is 11.9 Å². The number of rotatable bonds is 8. The van der Waals surface area contributed by atoms with Gasteiger partial charge in [0.25, 0.3) is 0 Å². The number of aliphatic hydroxyl groups is 5. The third kappa shape index (κ3) is 8.52. The summed E-state index contributed by atoms with van der Waals surface area (Å²) in [5.74, 6) is -4.63. The third-order valence-corrected chi connectivity index (χ3v) is 12.2. The number of esters is 2. The number of nitrogens with one attached hydrogen (secondary N) is 1. The summed E-state index contributed by atoms with van der Waals surface area (Å²) < 4.78 is 28.4. The largest absolute Gasteiger partial charge is 0.467 e. The number of benzene rings is 1. The molecule has 1 saturated heterocycles. The minimum Gasteiger partial charge on any atom is -0.467 e. The normalized spacial score (nSPS) is 33.9. The Morgan fingerprint density at radius 1 is 1.00 bits per heavy atom. The van der Waals surface area contributed by atoms with Gasteiger partial charge in [-0.25, -0.2) is 14.4 Å². The van der Waals surface area contributed by atoms with Crippen LogP contribution in [0.5, 0.6) is 0 Å². The summed E-state index contributed by atoms with van der Waals surface area (Å²) >= 11 is 0. The minimum absolute atomic E-state index is 0. The zero-order valence-corrected chi connectivity index (χ0v) is 42.6. The molecule has 1 aliphatic heterocycles. The van der Waals surface area contributed by atoms with Crippen LogP contribution in [0.1, 0.15) is 83.5 Å². The molecule has 6 rings (SSSR count). The van der Waals surface area contributed by atoms with E-state index in [-0.39, 0.29) is 136 Å². The first-order valence-corrected chi connectivity index (χ1v) is 18.4. The molecule has 2 heterocycles. The van der Waals surface area contributed by atoms with Crippen LogP contribution in [0.2, 0.25) is 0 Å². The monoisotopic (exact) mass is 1220 g/mol. The summed E-state index contributed by atoms with van der Waals surface area (Å²) in [6, 6.07) is 9.29. The number of fused-ring (bicyclic) bond motifs is 5. The Morgan fingerprint density at radius 3 is 2.21 bits per heavy atom. The van der Waals surface area contributed by atoms with Crippen molar-refractivity contribution >= 4 is 23.8 Å². The number of hydrogen-bond acceptors (Lipinski definition) is 14. The van der Waals surface area contributed by atoms with Gasteiger partial charge in [0.05, 0.1) is 42.7 Å². The molecule has 0 unspecified atom stereocenters. The van der Waals surface area contributed by atoms with Crippen LogP contribution in [0.15, 0.2) is 64.3 Å². The summed E-state index contributed by atoms with van der Waals surface area (Å²) in [6.45, 7) is 11.2. The van der Waals surface area contributed by atoms with Gasteiger partial charge in [0.1, 0.15) is 41.3 Å². The van der Waals surface area contributed by atoms with Gasteiger partial charge in [-0.15, -0.1) is 0 Å². The van der Waals surface area contributed by atoms with E-state index in [1.807, 2.05) is 20.8 Å². The fourth-order valence-corrected chi connectivity index (χ4v) is 8.95. The molecular weight excluding hydrogens is 1170 g/mol. The average molecular weight is 1220 g/mol. The van der Waals surface area contributed by atoms with Crippen LogP contribution in [0.3, 0.4) is 0 Å². The molecule has 4 aliphatic rings. The molecule has 2 aromatic rings. The molecule has 3 fully saturated rings. The van der Waals surface area contributed by atoms with Crippen molar-refractivity contribution in [2.75, 3.05) is 13.2 Å². The average Bonchev–Trinajstić information content (AvgIpc) is 3.66. The van der Waals surface area contributed by atoms with Gasteiger partial charge >= 0.3 is 18.0 Å². The predicted molar refractivity (Wildman–Crippen MR) is 191 cm³/mol. The Balaban J connectivity index is 0.00000360. The summed E-state index contributed by atoms with van der Waals surface area (Å²) in [5.41, 5.74) is -8.01. The SMILES string of the molecule is CC1=C2[C@@H](O)C(=O)[C@@]3(C)[C@H]([C@H](OC(=O)c4ccccc4)[C@](O)(C[C@@H]1OC(=O)[C@H](O)[C@@H](NC(=O)OCC(C)(C)C)c1ccco1)C2(C)C)[C@]1(O)CO[C@@H]1C[C@@H]3O.[Ac].[Ac]. The molecule has 17 heteroatoms. The van der Waals surface area contributed by atoms with E-state index >= 15 is 0 Å². The van der Waals surface area contributed by atoms with Crippen molar-refractivity contribution in [3.8, 4) is 0 Å². The zero-order chi connectivity index (χ0) is 40.5. The van der Waals surface area contributed by atoms with Gasteiger partial charge in [-0.1, -0.05) is 52.8 Å². The van der Waals surface area contributed by atoms with Crippen molar-refractivity contribution in [2.24, 2.45) is 22.2 Å². The molecule has 1 aromatic carbocycles. The molecular formula is C40H51Ac2NO14. The van der Waals surface area contributed by atoms with Crippen molar-refractivity contribution in [1.29, 1.82) is 0 Å². The number of carbonyl (C=O) groups is 4. The second-order valence-electron chi connectivity index (χ2n) is 17.3. The topological polar surface area (TPSA) is 232 Å². The number of amides is 1. The molecule has 3 aliphatic carbocycles. The molecule has 2 radical (unpaired) electrons. The smallest absolute Gasteiger partial charge is 0.407 e. The van der Waals surface area contributed by atoms with Crippen molar-refractivity contribution in [1.82, 2.24) is 5.32 Å². The van der Waals surface area contributed by atoms with E-state index in [4.69, 9.17) is 23.4 Å². The van der Waals surface area contributed by atoms with E-state index in [0.717, 1.165) is 0 Å². The van der Waals surface area contributed by atoms with Crippen molar-refractivity contribution in [3.63, 3.8) is 0 Å². The molecule has 11 atom stereocenters. The number of aliphatic hydroxyl groups excluding tert-OH is 3.